The van der Waals surface area contributed by atoms with Gasteiger partial charge in [0.25, 0.3) is 0 Å². The molecular weight excluding hydrogens is 238 g/mol. The highest BCUT2D eigenvalue weighted by molar-refractivity contribution is 4.73. The molecule has 0 aromatic heterocycles. The molecule has 0 amide bonds. The van der Waals surface area contributed by atoms with Crippen molar-refractivity contribution in [2.24, 2.45) is 5.92 Å². The van der Waals surface area contributed by atoms with Gasteiger partial charge >= 0.3 is 0 Å². The predicted octanol–water partition coefficient (Wildman–Crippen LogP) is 1.03. The first kappa shape index (κ1) is 15.2. The molecule has 1 N–H and O–H groups in total. The topological polar surface area (TPSA) is 27.7 Å². The first-order chi connectivity index (χ1) is 9.38. The van der Waals surface area contributed by atoms with Gasteiger partial charge < -0.3 is 15.0 Å². The first-order valence-corrected chi connectivity index (χ1v) is 8.11. The fourth-order valence-corrected chi connectivity index (χ4v) is 3.15. The van der Waals surface area contributed by atoms with Crippen LogP contribution < -0.4 is 5.32 Å². The molecular formula is C15H31N3O. The van der Waals surface area contributed by atoms with Gasteiger partial charge in [0.05, 0.1) is 13.2 Å². The minimum absolute atomic E-state index is 0.914. The molecule has 2 aliphatic rings. The zero-order chi connectivity index (χ0) is 13.3. The van der Waals surface area contributed by atoms with Gasteiger partial charge in [-0.3, -0.25) is 4.90 Å². The van der Waals surface area contributed by atoms with Crippen molar-refractivity contribution in [3.8, 4) is 0 Å². The lowest BCUT2D eigenvalue weighted by atomic mass is 9.97. The molecule has 0 unspecified atom stereocenters. The fourth-order valence-electron chi connectivity index (χ4n) is 3.15. The summed E-state index contributed by atoms with van der Waals surface area (Å²) < 4.78 is 5.41. The number of morpholine rings is 1. The van der Waals surface area contributed by atoms with E-state index >= 15 is 0 Å². The molecule has 4 nitrogen and oxygen atoms in total. The molecule has 0 aromatic carbocycles. The molecule has 112 valence electrons. The van der Waals surface area contributed by atoms with E-state index in [-0.39, 0.29) is 0 Å². The van der Waals surface area contributed by atoms with Crippen LogP contribution >= 0.6 is 0 Å². The van der Waals surface area contributed by atoms with Gasteiger partial charge in [0, 0.05) is 32.7 Å². The van der Waals surface area contributed by atoms with Gasteiger partial charge in [0.2, 0.25) is 0 Å². The van der Waals surface area contributed by atoms with E-state index < -0.39 is 0 Å². The highest BCUT2D eigenvalue weighted by atomic mass is 16.5. The minimum atomic E-state index is 0.914. The SMILES string of the molecule is CCCN(CCN1CCOCC1)CC1CCNCC1. The Morgan fingerprint density at radius 3 is 2.58 bits per heavy atom. The summed E-state index contributed by atoms with van der Waals surface area (Å²) in [5, 5.41) is 3.46. The largest absolute Gasteiger partial charge is 0.379 e. The van der Waals surface area contributed by atoms with E-state index in [4.69, 9.17) is 4.74 Å². The minimum Gasteiger partial charge on any atom is -0.379 e. The molecule has 2 aliphatic heterocycles. The lowest BCUT2D eigenvalue weighted by Gasteiger charge is -2.33. The van der Waals surface area contributed by atoms with Crippen LogP contribution in [-0.4, -0.2) is 75.4 Å². The zero-order valence-corrected chi connectivity index (χ0v) is 12.6. The van der Waals surface area contributed by atoms with Crippen molar-refractivity contribution < 1.29 is 4.74 Å². The summed E-state index contributed by atoms with van der Waals surface area (Å²) in [5.41, 5.74) is 0. The van der Waals surface area contributed by atoms with Crippen LogP contribution in [0.4, 0.5) is 0 Å². The zero-order valence-electron chi connectivity index (χ0n) is 12.6. The Bertz CT molecular complexity index is 225. The van der Waals surface area contributed by atoms with Crippen molar-refractivity contribution in [1.82, 2.24) is 15.1 Å². The fraction of sp³-hybridized carbons (Fsp3) is 1.00. The van der Waals surface area contributed by atoms with Crippen LogP contribution in [0.15, 0.2) is 0 Å². The van der Waals surface area contributed by atoms with Gasteiger partial charge in [-0.25, -0.2) is 0 Å². The highest BCUT2D eigenvalue weighted by Gasteiger charge is 2.17. The lowest BCUT2D eigenvalue weighted by molar-refractivity contribution is 0.0322. The highest BCUT2D eigenvalue weighted by Crippen LogP contribution is 2.13. The molecule has 0 saturated carbocycles. The molecule has 0 radical (unpaired) electrons. The quantitative estimate of drug-likeness (QED) is 0.747. The number of hydrogen-bond acceptors (Lipinski definition) is 4. The number of nitrogens with zero attached hydrogens (tertiary/aromatic N) is 2. The average molecular weight is 269 g/mol. The lowest BCUT2D eigenvalue weighted by Crippen LogP contribution is -2.43. The van der Waals surface area contributed by atoms with Crippen LogP contribution in [0.1, 0.15) is 26.2 Å². The van der Waals surface area contributed by atoms with E-state index in [1.54, 1.807) is 0 Å². The van der Waals surface area contributed by atoms with Crippen molar-refractivity contribution in [2.75, 3.05) is 65.6 Å². The smallest absolute Gasteiger partial charge is 0.0594 e. The van der Waals surface area contributed by atoms with Crippen molar-refractivity contribution in [3.63, 3.8) is 0 Å². The summed E-state index contributed by atoms with van der Waals surface area (Å²) >= 11 is 0. The van der Waals surface area contributed by atoms with Crippen molar-refractivity contribution >= 4 is 0 Å². The molecule has 2 saturated heterocycles. The number of ether oxygens (including phenoxy) is 1. The van der Waals surface area contributed by atoms with Gasteiger partial charge in [-0.2, -0.15) is 0 Å². The van der Waals surface area contributed by atoms with Crippen molar-refractivity contribution in [3.05, 3.63) is 0 Å². The number of hydrogen-bond donors (Lipinski definition) is 1. The Morgan fingerprint density at radius 2 is 1.89 bits per heavy atom. The maximum Gasteiger partial charge on any atom is 0.0594 e. The van der Waals surface area contributed by atoms with Gasteiger partial charge in [0.15, 0.2) is 0 Å². The molecule has 2 heterocycles. The molecule has 0 aromatic rings. The third-order valence-electron chi connectivity index (χ3n) is 4.35. The second-order valence-corrected chi connectivity index (χ2v) is 5.95. The van der Waals surface area contributed by atoms with E-state index in [9.17, 15) is 0 Å². The van der Waals surface area contributed by atoms with Gasteiger partial charge in [0.1, 0.15) is 0 Å². The third-order valence-corrected chi connectivity index (χ3v) is 4.35. The van der Waals surface area contributed by atoms with E-state index in [2.05, 4.69) is 22.0 Å². The van der Waals surface area contributed by atoms with Crippen LogP contribution in [0.2, 0.25) is 0 Å². The normalized spacial score (nSPS) is 23.1. The van der Waals surface area contributed by atoms with Crippen LogP contribution in [0, 0.1) is 5.92 Å². The molecule has 2 fully saturated rings. The Kier molecular flexibility index (Phi) is 7.14. The van der Waals surface area contributed by atoms with Crippen molar-refractivity contribution in [2.45, 2.75) is 26.2 Å². The average Bonchev–Trinajstić information content (AvgIpc) is 2.47. The summed E-state index contributed by atoms with van der Waals surface area (Å²) in [6.45, 7) is 13.8. The summed E-state index contributed by atoms with van der Waals surface area (Å²) in [5.74, 6) is 0.914. The maximum absolute atomic E-state index is 5.41. The summed E-state index contributed by atoms with van der Waals surface area (Å²) in [6, 6.07) is 0. The van der Waals surface area contributed by atoms with E-state index in [1.807, 2.05) is 0 Å². The second-order valence-electron chi connectivity index (χ2n) is 5.95. The van der Waals surface area contributed by atoms with Crippen LogP contribution in [-0.2, 0) is 4.74 Å². The van der Waals surface area contributed by atoms with Crippen LogP contribution in [0.3, 0.4) is 0 Å². The molecule has 2 rings (SSSR count). The van der Waals surface area contributed by atoms with Crippen LogP contribution in [0.25, 0.3) is 0 Å². The Balaban J connectivity index is 1.68. The summed E-state index contributed by atoms with van der Waals surface area (Å²) in [6.07, 6.45) is 3.99. The van der Waals surface area contributed by atoms with Gasteiger partial charge in [-0.05, 0) is 44.8 Å². The van der Waals surface area contributed by atoms with Crippen LogP contribution in [0.5, 0.6) is 0 Å². The Labute approximate surface area is 118 Å². The standard InChI is InChI=1S/C15H31N3O/c1-2-7-18(14-15-3-5-16-6-4-15)9-8-17-10-12-19-13-11-17/h15-16H,2-14H2,1H3. The summed E-state index contributed by atoms with van der Waals surface area (Å²) in [4.78, 5) is 5.24. The summed E-state index contributed by atoms with van der Waals surface area (Å²) in [7, 11) is 0. The van der Waals surface area contributed by atoms with Gasteiger partial charge in [-0.15, -0.1) is 0 Å². The van der Waals surface area contributed by atoms with Crippen molar-refractivity contribution in [1.29, 1.82) is 0 Å². The molecule has 0 aliphatic carbocycles. The van der Waals surface area contributed by atoms with E-state index in [0.717, 1.165) is 32.2 Å². The number of rotatable bonds is 7. The predicted molar refractivity (Wildman–Crippen MR) is 79.6 cm³/mol. The molecule has 0 bridgehead atoms. The molecule has 19 heavy (non-hydrogen) atoms. The maximum atomic E-state index is 5.41. The third kappa shape index (κ3) is 5.78. The van der Waals surface area contributed by atoms with E-state index in [0.29, 0.717) is 0 Å². The van der Waals surface area contributed by atoms with E-state index in [1.165, 1.54) is 58.5 Å². The molecule has 0 atom stereocenters. The molecule has 0 spiro atoms. The Hall–Kier alpha value is -0.160. The Morgan fingerprint density at radius 1 is 1.16 bits per heavy atom. The van der Waals surface area contributed by atoms with Gasteiger partial charge in [-0.1, -0.05) is 6.92 Å². The number of piperidine rings is 1. The second kappa shape index (κ2) is 8.90. The monoisotopic (exact) mass is 269 g/mol. The number of nitrogens with one attached hydrogen (secondary N) is 1. The molecule has 4 heteroatoms. The first-order valence-electron chi connectivity index (χ1n) is 8.11.